The van der Waals surface area contributed by atoms with E-state index in [2.05, 4.69) is 57.6 Å². The van der Waals surface area contributed by atoms with E-state index in [9.17, 15) is 13.3 Å². The molecule has 12 nitrogen and oxygen atoms in total. The minimum absolute atomic E-state index is 0.147. The van der Waals surface area contributed by atoms with Crippen LogP contribution in [0.3, 0.4) is 0 Å². The summed E-state index contributed by atoms with van der Waals surface area (Å²) in [6.07, 6.45) is 12.0. The Bertz CT molecular complexity index is 2060. The molecule has 0 saturated carbocycles. The van der Waals surface area contributed by atoms with E-state index in [4.69, 9.17) is 9.72 Å². The number of methoxy groups -OCH3 is 1. The van der Waals surface area contributed by atoms with Crippen molar-refractivity contribution in [2.75, 3.05) is 68.7 Å². The smallest absolute Gasteiger partial charge is 0.251 e. The molecule has 53 heavy (non-hydrogen) atoms. The molecule has 16 heteroatoms. The second-order valence-corrected chi connectivity index (χ2v) is 17.7. The van der Waals surface area contributed by atoms with Gasteiger partial charge in [-0.3, -0.25) is 19.5 Å². The zero-order valence-electron chi connectivity index (χ0n) is 30.5. The number of nitrogens with one attached hydrogen (secondary N) is 2. The van der Waals surface area contributed by atoms with Crippen molar-refractivity contribution in [2.24, 2.45) is 7.05 Å². The molecule has 0 radical (unpaired) electrons. The lowest BCUT2D eigenvalue weighted by Crippen LogP contribution is -2.32. The second kappa shape index (κ2) is 17.3. The second-order valence-electron chi connectivity index (χ2n) is 13.6. The van der Waals surface area contributed by atoms with Gasteiger partial charge in [-0.25, -0.2) is 13.8 Å². The Hall–Kier alpha value is -4.20. The van der Waals surface area contributed by atoms with Crippen LogP contribution in [0.2, 0.25) is 0 Å². The summed E-state index contributed by atoms with van der Waals surface area (Å²) in [7, 11) is 0.743. The lowest BCUT2D eigenvalue weighted by Gasteiger charge is -2.29. The molecule has 2 aromatic carbocycles. The molecule has 0 amide bonds. The number of fused-ring (bicyclic) bond motifs is 1. The lowest BCUT2D eigenvalue weighted by atomic mass is 10.0. The molecule has 1 aliphatic rings. The first-order valence-electron chi connectivity index (χ1n) is 17.8. The van der Waals surface area contributed by atoms with Crippen molar-refractivity contribution in [3.63, 3.8) is 0 Å². The lowest BCUT2D eigenvalue weighted by molar-refractivity contribution is 0.0861. The van der Waals surface area contributed by atoms with Crippen LogP contribution in [0.25, 0.3) is 22.2 Å². The van der Waals surface area contributed by atoms with Crippen LogP contribution in [0.4, 0.5) is 37.6 Å². The average Bonchev–Trinajstić information content (AvgIpc) is 3.55. The summed E-state index contributed by atoms with van der Waals surface area (Å²) in [4.78, 5) is 22.6. The van der Waals surface area contributed by atoms with Gasteiger partial charge in [0.05, 0.1) is 46.5 Å². The molecule has 3 aromatic heterocycles. The van der Waals surface area contributed by atoms with E-state index >= 15 is 0 Å². The Labute approximate surface area is 317 Å². The molecule has 4 heterocycles. The molecule has 6 rings (SSSR count). The Balaban J connectivity index is 1.30. The van der Waals surface area contributed by atoms with Gasteiger partial charge in [0, 0.05) is 67.8 Å². The van der Waals surface area contributed by atoms with E-state index in [0.29, 0.717) is 62.8 Å². The van der Waals surface area contributed by atoms with Gasteiger partial charge in [0.1, 0.15) is 24.2 Å². The third-order valence-electron chi connectivity index (χ3n) is 9.27. The van der Waals surface area contributed by atoms with Crippen LogP contribution in [-0.2, 0) is 11.6 Å². The van der Waals surface area contributed by atoms with E-state index in [1.165, 1.54) is 0 Å². The zero-order chi connectivity index (χ0) is 37.5. The molecule has 0 bridgehead atoms. The summed E-state index contributed by atoms with van der Waals surface area (Å²) in [6, 6.07) is 7.79. The molecule has 1 aliphatic heterocycles. The minimum Gasteiger partial charge on any atom is -0.494 e. The average molecular weight is 812 g/mol. The predicted molar refractivity (Wildman–Crippen MR) is 212 cm³/mol. The number of halogens is 3. The molecule has 0 unspecified atom stereocenters. The summed E-state index contributed by atoms with van der Waals surface area (Å²) in [6.45, 7) is 6.33. The zero-order valence-corrected chi connectivity index (χ0v) is 33.0. The van der Waals surface area contributed by atoms with Crippen molar-refractivity contribution < 1.29 is 18.1 Å². The summed E-state index contributed by atoms with van der Waals surface area (Å²) in [5.74, 6) is 1.42. The monoisotopic (exact) mass is 810 g/mol. The number of rotatable bonds is 10. The first-order valence-corrected chi connectivity index (χ1v) is 21.2. The number of hydrogen-bond acceptors (Lipinski definition) is 11. The summed E-state index contributed by atoms with van der Waals surface area (Å²) in [5, 5.41) is 11.8. The highest BCUT2D eigenvalue weighted by atomic mass is 79.9. The van der Waals surface area contributed by atoms with Crippen LogP contribution in [0.1, 0.15) is 38.5 Å². The van der Waals surface area contributed by atoms with Crippen LogP contribution in [-0.4, -0.2) is 94.2 Å². The molecule has 0 aliphatic carbocycles. The fourth-order valence-electron chi connectivity index (χ4n) is 6.79. The highest BCUT2D eigenvalue weighted by molar-refractivity contribution is 9.10. The van der Waals surface area contributed by atoms with Crippen molar-refractivity contribution in [3.05, 3.63) is 59.7 Å². The molecular weight excluding hydrogens is 765 g/mol. The molecule has 2 N–H and O–H groups in total. The van der Waals surface area contributed by atoms with Crippen molar-refractivity contribution >= 4 is 68.2 Å². The number of hydrogen-bond donors (Lipinski definition) is 2. The topological polar surface area (TPSA) is 126 Å². The summed E-state index contributed by atoms with van der Waals surface area (Å²) >= 11 is 3.58. The van der Waals surface area contributed by atoms with Gasteiger partial charge in [0.25, 0.3) is 6.43 Å². The van der Waals surface area contributed by atoms with E-state index < -0.39 is 13.6 Å². The van der Waals surface area contributed by atoms with Gasteiger partial charge >= 0.3 is 0 Å². The van der Waals surface area contributed by atoms with Gasteiger partial charge in [-0.2, -0.15) is 10.1 Å². The molecule has 1 fully saturated rings. The Morgan fingerprint density at radius 2 is 1.64 bits per heavy atom. The third kappa shape index (κ3) is 9.68. The van der Waals surface area contributed by atoms with Gasteiger partial charge in [0.2, 0.25) is 5.95 Å². The van der Waals surface area contributed by atoms with Gasteiger partial charge in [0.15, 0.2) is 0 Å². The molecule has 5 aromatic rings. The van der Waals surface area contributed by atoms with Crippen LogP contribution >= 0.6 is 23.1 Å². The van der Waals surface area contributed by atoms with Crippen molar-refractivity contribution in [2.45, 2.75) is 45.0 Å². The number of benzene rings is 2. The maximum Gasteiger partial charge on any atom is 0.251 e. The number of aryl methyl sites for hydroxylation is 1. The van der Waals surface area contributed by atoms with E-state index in [1.807, 2.05) is 42.5 Å². The van der Waals surface area contributed by atoms with E-state index in [-0.39, 0.29) is 6.54 Å². The highest BCUT2D eigenvalue weighted by Crippen LogP contribution is 2.43. The first kappa shape index (κ1) is 38.5. The Kier molecular flexibility index (Phi) is 12.6. The van der Waals surface area contributed by atoms with E-state index in [0.717, 1.165) is 68.4 Å². The Morgan fingerprint density at radius 3 is 2.30 bits per heavy atom. The fraction of sp³-hybridized carbons (Fsp3) is 0.432. The largest absolute Gasteiger partial charge is 0.494 e. The predicted octanol–water partition coefficient (Wildman–Crippen LogP) is 8.05. The molecular formula is C37H46BrF2N10O2P. The number of nitrogens with zero attached hydrogens (tertiary/aromatic N) is 8. The number of alkyl halides is 2. The third-order valence-corrected chi connectivity index (χ3v) is 11.4. The standard InChI is InChI=1S/C37H46BrF2N10O2P/c1-48-23-25(21-44-48)26-19-30(32(52-2)20-31(26)50-17-9-5-7-15-49(24-33(39)40)16-8-6-10-18-50)46-37-43-22-27(38)36(47-37)45-29-12-11-28-34(42-14-13-41-28)35(29)53(3,4)51/h11-14,19-23,33H,5-10,15-18,24H2,1-4H3,(H2,43,45,46,47). The molecule has 0 atom stereocenters. The van der Waals surface area contributed by atoms with E-state index in [1.54, 1.807) is 43.7 Å². The maximum absolute atomic E-state index is 13.5. The van der Waals surface area contributed by atoms with Crippen LogP contribution in [0, 0.1) is 0 Å². The number of anilines is 5. The van der Waals surface area contributed by atoms with Crippen LogP contribution < -0.4 is 25.6 Å². The van der Waals surface area contributed by atoms with Gasteiger partial charge in [-0.1, -0.05) is 12.8 Å². The SMILES string of the molecule is COc1cc(N2CCCCCN(CC(F)F)CCCCC2)c(-c2cnn(C)c2)cc1Nc1ncc(Br)c(Nc2ccc3nccnc3c2P(C)(C)=O)n1. The van der Waals surface area contributed by atoms with Crippen LogP contribution in [0.15, 0.2) is 59.7 Å². The Morgan fingerprint density at radius 1 is 0.925 bits per heavy atom. The number of aromatic nitrogens is 6. The number of ether oxygens (including phenoxy) is 1. The normalized spacial score (nSPS) is 15.3. The fourth-order valence-corrected chi connectivity index (χ4v) is 8.47. The summed E-state index contributed by atoms with van der Waals surface area (Å²) < 4.78 is 48.1. The molecule has 1 saturated heterocycles. The summed E-state index contributed by atoms with van der Waals surface area (Å²) in [5.41, 5.74) is 5.50. The maximum atomic E-state index is 13.5. The molecule has 0 spiro atoms. The van der Waals surface area contributed by atoms with Crippen molar-refractivity contribution in [1.82, 2.24) is 34.6 Å². The van der Waals surface area contributed by atoms with Gasteiger partial charge < -0.3 is 24.8 Å². The molecule has 282 valence electrons. The minimum atomic E-state index is -2.79. The first-order chi connectivity index (χ1) is 25.5. The van der Waals surface area contributed by atoms with Crippen molar-refractivity contribution in [3.8, 4) is 16.9 Å². The van der Waals surface area contributed by atoms with Crippen LogP contribution in [0.5, 0.6) is 5.75 Å². The highest BCUT2D eigenvalue weighted by Gasteiger charge is 2.24. The van der Waals surface area contributed by atoms with Gasteiger partial charge in [-0.05, 0) is 86.2 Å². The quantitative estimate of drug-likeness (QED) is 0.133. The van der Waals surface area contributed by atoms with Crippen molar-refractivity contribution in [1.29, 1.82) is 0 Å². The van der Waals surface area contributed by atoms with Gasteiger partial charge in [-0.15, -0.1) is 0 Å².